The molecule has 0 bridgehead atoms. The molecule has 0 unspecified atom stereocenters. The summed E-state index contributed by atoms with van der Waals surface area (Å²) in [6.07, 6.45) is 4.91. The Bertz CT molecular complexity index is 338. The van der Waals surface area contributed by atoms with Crippen LogP contribution in [0.25, 0.3) is 0 Å². The van der Waals surface area contributed by atoms with Crippen LogP contribution in [-0.2, 0) is 0 Å². The maximum Gasteiger partial charge on any atom is 0.163 e. The lowest BCUT2D eigenvalue weighted by Gasteiger charge is -2.03. The Hall–Kier alpha value is -0.0900. The van der Waals surface area contributed by atoms with Crippen LogP contribution < -0.4 is 0 Å². The standard InChI is InChI=1S/C13H16ClIO/c14-10-6-2-1-3-9-13(16)11-7-4-5-8-12(11)15/h4-5,7-8H,1-3,6,9-10H2. The highest BCUT2D eigenvalue weighted by molar-refractivity contribution is 14.1. The second-order valence-corrected chi connectivity index (χ2v) is 5.30. The third-order valence-corrected chi connectivity index (χ3v) is 3.67. The van der Waals surface area contributed by atoms with E-state index in [0.717, 1.165) is 40.7 Å². The number of carbonyl (C=O) groups is 1. The minimum atomic E-state index is 0.260. The lowest BCUT2D eigenvalue weighted by Crippen LogP contribution is -2.01. The van der Waals surface area contributed by atoms with Gasteiger partial charge in [0.1, 0.15) is 0 Å². The molecule has 0 amide bonds. The van der Waals surface area contributed by atoms with Crippen LogP contribution in [0.5, 0.6) is 0 Å². The summed E-state index contributed by atoms with van der Waals surface area (Å²) in [7, 11) is 0. The Morgan fingerprint density at radius 3 is 2.50 bits per heavy atom. The first kappa shape index (κ1) is 14.0. The molecule has 0 saturated heterocycles. The fourth-order valence-corrected chi connectivity index (χ4v) is 2.43. The van der Waals surface area contributed by atoms with E-state index in [-0.39, 0.29) is 5.78 Å². The molecule has 0 radical (unpaired) electrons. The third-order valence-electron chi connectivity index (χ3n) is 2.46. The normalized spacial score (nSPS) is 10.4. The number of unbranched alkanes of at least 4 members (excludes halogenated alkanes) is 3. The number of alkyl halides is 1. The maximum atomic E-state index is 11.9. The highest BCUT2D eigenvalue weighted by Gasteiger charge is 2.08. The van der Waals surface area contributed by atoms with Crippen molar-refractivity contribution in [3.63, 3.8) is 0 Å². The summed E-state index contributed by atoms with van der Waals surface area (Å²) >= 11 is 7.80. The number of Topliss-reactive ketones (excluding diaryl/α,β-unsaturated/α-hetero) is 1. The van der Waals surface area contributed by atoms with Crippen LogP contribution in [-0.4, -0.2) is 11.7 Å². The number of carbonyl (C=O) groups excluding carboxylic acids is 1. The van der Waals surface area contributed by atoms with E-state index < -0.39 is 0 Å². The van der Waals surface area contributed by atoms with Gasteiger partial charge in [-0.05, 0) is 41.5 Å². The quantitative estimate of drug-likeness (QED) is 0.302. The molecule has 1 aromatic carbocycles. The van der Waals surface area contributed by atoms with Gasteiger partial charge in [-0.2, -0.15) is 0 Å². The molecule has 0 heterocycles. The predicted molar refractivity (Wildman–Crippen MR) is 77.3 cm³/mol. The Morgan fingerprint density at radius 2 is 1.81 bits per heavy atom. The minimum absolute atomic E-state index is 0.260. The molecule has 1 nitrogen and oxygen atoms in total. The molecule has 0 atom stereocenters. The van der Waals surface area contributed by atoms with E-state index in [4.69, 9.17) is 11.6 Å². The van der Waals surface area contributed by atoms with Crippen LogP contribution in [0.4, 0.5) is 0 Å². The summed E-state index contributed by atoms with van der Waals surface area (Å²) in [5.74, 6) is 0.987. The van der Waals surface area contributed by atoms with Crippen molar-refractivity contribution in [1.29, 1.82) is 0 Å². The summed E-state index contributed by atoms with van der Waals surface area (Å²) < 4.78 is 1.05. The van der Waals surface area contributed by atoms with Crippen molar-refractivity contribution in [3.8, 4) is 0 Å². The van der Waals surface area contributed by atoms with E-state index in [9.17, 15) is 4.79 Å². The smallest absolute Gasteiger partial charge is 0.163 e. The van der Waals surface area contributed by atoms with Gasteiger partial charge in [0.05, 0.1) is 0 Å². The van der Waals surface area contributed by atoms with Gasteiger partial charge in [-0.25, -0.2) is 0 Å². The van der Waals surface area contributed by atoms with Crippen LogP contribution in [0.15, 0.2) is 24.3 Å². The van der Waals surface area contributed by atoms with Crippen LogP contribution in [0.1, 0.15) is 42.5 Å². The Kier molecular flexibility index (Phi) is 7.05. The first-order valence-corrected chi connectivity index (χ1v) is 7.20. The summed E-state index contributed by atoms with van der Waals surface area (Å²) in [4.78, 5) is 11.9. The van der Waals surface area contributed by atoms with E-state index in [2.05, 4.69) is 22.6 Å². The van der Waals surface area contributed by atoms with Crippen LogP contribution in [0.3, 0.4) is 0 Å². The molecule has 0 spiro atoms. The lowest BCUT2D eigenvalue weighted by atomic mass is 10.0. The Labute approximate surface area is 116 Å². The topological polar surface area (TPSA) is 17.1 Å². The van der Waals surface area contributed by atoms with Crippen molar-refractivity contribution in [2.75, 3.05) is 5.88 Å². The van der Waals surface area contributed by atoms with Gasteiger partial charge in [0, 0.05) is 21.4 Å². The van der Waals surface area contributed by atoms with Crippen LogP contribution in [0.2, 0.25) is 0 Å². The molecule has 0 aliphatic heterocycles. The largest absolute Gasteiger partial charge is 0.294 e. The van der Waals surface area contributed by atoms with Gasteiger partial charge in [-0.15, -0.1) is 11.6 Å². The molecule has 0 aliphatic rings. The Morgan fingerprint density at radius 1 is 1.12 bits per heavy atom. The molecule has 16 heavy (non-hydrogen) atoms. The summed E-state index contributed by atoms with van der Waals surface area (Å²) in [6.45, 7) is 0. The molecule has 88 valence electrons. The second kappa shape index (κ2) is 8.07. The zero-order chi connectivity index (χ0) is 11.8. The van der Waals surface area contributed by atoms with Crippen LogP contribution >= 0.6 is 34.2 Å². The van der Waals surface area contributed by atoms with Crippen molar-refractivity contribution < 1.29 is 4.79 Å². The molecular formula is C13H16ClIO. The van der Waals surface area contributed by atoms with Crippen molar-refractivity contribution in [3.05, 3.63) is 33.4 Å². The van der Waals surface area contributed by atoms with E-state index in [0.29, 0.717) is 6.42 Å². The average molecular weight is 351 g/mol. The Balaban J connectivity index is 2.33. The maximum absolute atomic E-state index is 11.9. The summed E-state index contributed by atoms with van der Waals surface area (Å²) in [6, 6.07) is 7.76. The van der Waals surface area contributed by atoms with Gasteiger partial charge in [0.15, 0.2) is 5.78 Å². The molecular weight excluding hydrogens is 334 g/mol. The zero-order valence-corrected chi connectivity index (χ0v) is 12.1. The number of benzene rings is 1. The molecule has 0 aliphatic carbocycles. The van der Waals surface area contributed by atoms with Gasteiger partial charge in [0.2, 0.25) is 0 Å². The molecule has 3 heteroatoms. The van der Waals surface area contributed by atoms with Crippen molar-refractivity contribution >= 4 is 40.0 Å². The van der Waals surface area contributed by atoms with Crippen molar-refractivity contribution in [2.45, 2.75) is 32.1 Å². The zero-order valence-electron chi connectivity index (χ0n) is 9.22. The van der Waals surface area contributed by atoms with E-state index in [1.54, 1.807) is 0 Å². The highest BCUT2D eigenvalue weighted by Crippen LogP contribution is 2.15. The van der Waals surface area contributed by atoms with Gasteiger partial charge in [0.25, 0.3) is 0 Å². The molecule has 0 fully saturated rings. The third kappa shape index (κ3) is 4.83. The fourth-order valence-electron chi connectivity index (χ4n) is 1.56. The minimum Gasteiger partial charge on any atom is -0.294 e. The number of hydrogen-bond donors (Lipinski definition) is 0. The first-order chi connectivity index (χ1) is 7.75. The highest BCUT2D eigenvalue weighted by atomic mass is 127. The average Bonchev–Trinajstić information content (AvgIpc) is 2.29. The van der Waals surface area contributed by atoms with Gasteiger partial charge < -0.3 is 0 Å². The van der Waals surface area contributed by atoms with E-state index >= 15 is 0 Å². The van der Waals surface area contributed by atoms with Gasteiger partial charge in [-0.1, -0.05) is 31.0 Å². The van der Waals surface area contributed by atoms with Crippen molar-refractivity contribution in [2.24, 2.45) is 0 Å². The van der Waals surface area contributed by atoms with E-state index in [1.165, 1.54) is 0 Å². The molecule has 1 rings (SSSR count). The van der Waals surface area contributed by atoms with Crippen LogP contribution in [0, 0.1) is 3.57 Å². The molecule has 0 saturated carbocycles. The fraction of sp³-hybridized carbons (Fsp3) is 0.462. The summed E-state index contributed by atoms with van der Waals surface area (Å²) in [5.41, 5.74) is 0.862. The SMILES string of the molecule is O=C(CCCCCCCl)c1ccccc1I. The number of ketones is 1. The molecule has 0 aromatic heterocycles. The van der Waals surface area contributed by atoms with Crippen molar-refractivity contribution in [1.82, 2.24) is 0 Å². The predicted octanol–water partition coefficient (Wildman–Crippen LogP) is 4.66. The molecule has 1 aromatic rings. The monoisotopic (exact) mass is 350 g/mol. The second-order valence-electron chi connectivity index (χ2n) is 3.76. The number of hydrogen-bond acceptors (Lipinski definition) is 1. The van der Waals surface area contributed by atoms with Gasteiger partial charge in [-0.3, -0.25) is 4.79 Å². The summed E-state index contributed by atoms with van der Waals surface area (Å²) in [5, 5.41) is 0. The van der Waals surface area contributed by atoms with Gasteiger partial charge >= 0.3 is 0 Å². The number of rotatable bonds is 7. The van der Waals surface area contributed by atoms with E-state index in [1.807, 2.05) is 24.3 Å². The number of halogens is 2. The first-order valence-electron chi connectivity index (χ1n) is 5.59. The lowest BCUT2D eigenvalue weighted by molar-refractivity contribution is 0.0978. The molecule has 0 N–H and O–H groups in total.